The molecule has 10 heteroatoms. The molecule has 0 amide bonds. The lowest BCUT2D eigenvalue weighted by molar-refractivity contribution is 0.104. The Hall–Kier alpha value is -3.37. The fourth-order valence-electron chi connectivity index (χ4n) is 3.63. The molecule has 0 aliphatic carbocycles. The highest BCUT2D eigenvalue weighted by molar-refractivity contribution is 7.18. The lowest BCUT2D eigenvalue weighted by atomic mass is 10.1. The number of hydrogen-bond acceptors (Lipinski definition) is 9. The highest BCUT2D eigenvalue weighted by atomic mass is 32.1. The van der Waals surface area contributed by atoms with Crippen molar-refractivity contribution in [1.82, 2.24) is 9.88 Å². The first-order valence-corrected chi connectivity index (χ1v) is 11.2. The fourth-order valence-corrected chi connectivity index (χ4v) is 4.50. The lowest BCUT2D eigenvalue weighted by Gasteiger charge is -2.34. The van der Waals surface area contributed by atoms with Crippen LogP contribution in [-0.4, -0.2) is 63.1 Å². The molecule has 0 radical (unpaired) electrons. The van der Waals surface area contributed by atoms with Crippen molar-refractivity contribution in [2.75, 3.05) is 63.4 Å². The molecule has 174 valence electrons. The Morgan fingerprint density at radius 1 is 1.09 bits per heavy atom. The van der Waals surface area contributed by atoms with Crippen LogP contribution in [0, 0.1) is 5.82 Å². The molecule has 4 rings (SSSR count). The maximum absolute atomic E-state index is 14.8. The normalized spacial score (nSPS) is 14.2. The second kappa shape index (κ2) is 9.63. The third-order valence-electron chi connectivity index (χ3n) is 5.52. The van der Waals surface area contributed by atoms with Crippen LogP contribution < -0.4 is 25.4 Å². The van der Waals surface area contributed by atoms with Crippen molar-refractivity contribution in [1.29, 1.82) is 0 Å². The third-order valence-corrected chi connectivity index (χ3v) is 6.50. The topological polar surface area (TPSA) is 93.0 Å². The first-order chi connectivity index (χ1) is 15.9. The molecule has 0 bridgehead atoms. The van der Waals surface area contributed by atoms with Gasteiger partial charge in [-0.1, -0.05) is 11.3 Å². The van der Waals surface area contributed by atoms with E-state index in [1.165, 1.54) is 20.3 Å². The van der Waals surface area contributed by atoms with Crippen molar-refractivity contribution in [2.45, 2.75) is 0 Å². The van der Waals surface area contributed by atoms with Crippen molar-refractivity contribution >= 4 is 39.4 Å². The molecule has 1 fully saturated rings. The molecular formula is C23H26FN5O3S. The number of methoxy groups -OCH3 is 2. The summed E-state index contributed by atoms with van der Waals surface area (Å²) in [6.45, 7) is 3.36. The van der Waals surface area contributed by atoms with Gasteiger partial charge < -0.3 is 30.3 Å². The number of benzene rings is 2. The average Bonchev–Trinajstić information content (AvgIpc) is 3.18. The molecule has 33 heavy (non-hydrogen) atoms. The molecule has 3 N–H and O–H groups in total. The molecule has 0 saturated carbocycles. The van der Waals surface area contributed by atoms with Crippen LogP contribution in [-0.2, 0) is 0 Å². The number of nitrogens with one attached hydrogen (secondary N) is 1. The number of carbonyl (C=O) groups is 1. The summed E-state index contributed by atoms with van der Waals surface area (Å²) in [7, 11) is 5.09. The average molecular weight is 472 g/mol. The van der Waals surface area contributed by atoms with Crippen LogP contribution in [0.25, 0.3) is 0 Å². The highest BCUT2D eigenvalue weighted by Crippen LogP contribution is 2.33. The predicted molar refractivity (Wildman–Crippen MR) is 129 cm³/mol. The minimum absolute atomic E-state index is 0.101. The van der Waals surface area contributed by atoms with Crippen LogP contribution in [0.2, 0.25) is 0 Å². The Morgan fingerprint density at radius 2 is 1.76 bits per heavy atom. The molecule has 8 nitrogen and oxygen atoms in total. The second-order valence-corrected chi connectivity index (χ2v) is 8.74. The smallest absolute Gasteiger partial charge is 0.207 e. The monoisotopic (exact) mass is 471 g/mol. The fraction of sp³-hybridized carbons (Fsp3) is 0.304. The van der Waals surface area contributed by atoms with Crippen LogP contribution in [0.5, 0.6) is 11.5 Å². The Labute approximate surface area is 195 Å². The number of ketones is 1. The number of thiazole rings is 1. The van der Waals surface area contributed by atoms with Crippen LogP contribution in [0.3, 0.4) is 0 Å². The van der Waals surface area contributed by atoms with Gasteiger partial charge in [0.2, 0.25) is 5.78 Å². The summed E-state index contributed by atoms with van der Waals surface area (Å²) in [5.41, 5.74) is 7.51. The van der Waals surface area contributed by atoms with Crippen LogP contribution >= 0.6 is 11.3 Å². The van der Waals surface area contributed by atoms with Gasteiger partial charge in [0, 0.05) is 43.5 Å². The van der Waals surface area contributed by atoms with Crippen LogP contribution in [0.4, 0.5) is 26.7 Å². The summed E-state index contributed by atoms with van der Waals surface area (Å²) in [6.07, 6.45) is 0. The number of nitrogens with zero attached hydrogens (tertiary/aromatic N) is 3. The van der Waals surface area contributed by atoms with Crippen molar-refractivity contribution in [3.8, 4) is 11.5 Å². The first kappa shape index (κ1) is 22.8. The molecular weight excluding hydrogens is 445 g/mol. The molecule has 1 aliphatic rings. The van der Waals surface area contributed by atoms with Crippen LogP contribution in [0.1, 0.15) is 15.2 Å². The summed E-state index contributed by atoms with van der Waals surface area (Å²) in [4.78, 5) is 21.8. The van der Waals surface area contributed by atoms with Gasteiger partial charge in [-0.15, -0.1) is 0 Å². The lowest BCUT2D eigenvalue weighted by Crippen LogP contribution is -2.44. The number of anilines is 4. The zero-order valence-corrected chi connectivity index (χ0v) is 19.5. The van der Waals surface area contributed by atoms with Crippen molar-refractivity contribution in [2.24, 2.45) is 0 Å². The van der Waals surface area contributed by atoms with E-state index in [-0.39, 0.29) is 22.3 Å². The number of ether oxygens (including phenoxy) is 2. The van der Waals surface area contributed by atoms with E-state index in [2.05, 4.69) is 22.2 Å². The maximum atomic E-state index is 14.8. The predicted octanol–water partition coefficient (Wildman–Crippen LogP) is 3.61. The van der Waals surface area contributed by atoms with E-state index in [1.807, 2.05) is 4.90 Å². The third kappa shape index (κ3) is 5.01. The Bertz CT molecular complexity index is 1140. The van der Waals surface area contributed by atoms with Gasteiger partial charge in [0.15, 0.2) is 5.13 Å². The number of rotatable bonds is 7. The minimum atomic E-state index is -0.311. The van der Waals surface area contributed by atoms with Gasteiger partial charge in [-0.25, -0.2) is 9.37 Å². The summed E-state index contributed by atoms with van der Waals surface area (Å²) < 4.78 is 25.3. The summed E-state index contributed by atoms with van der Waals surface area (Å²) >= 11 is 1.11. The zero-order valence-electron chi connectivity index (χ0n) is 18.7. The molecule has 0 atom stereocenters. The van der Waals surface area contributed by atoms with Gasteiger partial charge in [-0.2, -0.15) is 0 Å². The second-order valence-electron chi connectivity index (χ2n) is 7.75. The maximum Gasteiger partial charge on any atom is 0.207 e. The highest BCUT2D eigenvalue weighted by Gasteiger charge is 2.21. The molecule has 1 aromatic heterocycles. The number of halogens is 1. The SMILES string of the molecule is COc1cc(OC)cc(C(=O)c2sc(Nc3ccc(N4CCN(C)CC4)c(F)c3)nc2N)c1. The number of piperazine rings is 1. The Balaban J connectivity index is 1.52. The van der Waals surface area contributed by atoms with Crippen molar-refractivity contribution in [3.05, 3.63) is 52.7 Å². The Morgan fingerprint density at radius 3 is 2.36 bits per heavy atom. The molecule has 0 spiro atoms. The Kier molecular flexibility index (Phi) is 6.66. The quantitative estimate of drug-likeness (QED) is 0.505. The van der Waals surface area contributed by atoms with Gasteiger partial charge in [0.1, 0.15) is 28.0 Å². The van der Waals surface area contributed by atoms with Gasteiger partial charge in [-0.05, 0) is 37.4 Å². The van der Waals surface area contributed by atoms with E-state index in [9.17, 15) is 9.18 Å². The number of aromatic nitrogens is 1. The summed E-state index contributed by atoms with van der Waals surface area (Å²) in [5, 5.41) is 3.45. The van der Waals surface area contributed by atoms with E-state index < -0.39 is 0 Å². The summed E-state index contributed by atoms with van der Waals surface area (Å²) in [6, 6.07) is 9.89. The number of carbonyl (C=O) groups excluding carboxylic acids is 1. The van der Waals surface area contributed by atoms with Gasteiger partial charge >= 0.3 is 0 Å². The number of nitrogens with two attached hydrogens (primary N) is 1. The minimum Gasteiger partial charge on any atom is -0.497 e. The molecule has 2 aromatic carbocycles. The van der Waals surface area contributed by atoms with E-state index in [4.69, 9.17) is 15.2 Å². The number of likely N-dealkylation sites (N-methyl/N-ethyl adjacent to an activating group) is 1. The molecule has 3 aromatic rings. The van der Waals surface area contributed by atoms with Gasteiger partial charge in [0.05, 0.1) is 19.9 Å². The number of nitrogen functional groups attached to an aromatic ring is 1. The summed E-state index contributed by atoms with van der Waals surface area (Å²) in [5.74, 6) is 0.481. The number of hydrogen-bond donors (Lipinski definition) is 2. The van der Waals surface area contributed by atoms with Crippen LogP contribution in [0.15, 0.2) is 36.4 Å². The standard InChI is InChI=1S/C23H26FN5O3S/c1-28-6-8-29(9-7-28)19-5-4-15(12-18(19)24)26-23-27-22(25)21(33-23)20(30)14-10-16(31-2)13-17(11-14)32-3/h4-5,10-13H,6-9,25H2,1-3H3,(H,26,27). The van der Waals surface area contributed by atoms with Gasteiger partial charge in [-0.3, -0.25) is 4.79 Å². The molecule has 1 saturated heterocycles. The first-order valence-electron chi connectivity index (χ1n) is 10.4. The zero-order chi connectivity index (χ0) is 23.5. The van der Waals surface area contributed by atoms with Gasteiger partial charge in [0.25, 0.3) is 0 Å². The molecule has 1 aliphatic heterocycles. The van der Waals surface area contributed by atoms with E-state index in [0.29, 0.717) is 33.6 Å². The van der Waals surface area contributed by atoms with E-state index in [0.717, 1.165) is 37.5 Å². The van der Waals surface area contributed by atoms with E-state index in [1.54, 1.807) is 30.3 Å². The van der Waals surface area contributed by atoms with Crippen molar-refractivity contribution in [3.63, 3.8) is 0 Å². The molecule has 0 unspecified atom stereocenters. The van der Waals surface area contributed by atoms with Crippen molar-refractivity contribution < 1.29 is 18.7 Å². The van der Waals surface area contributed by atoms with E-state index >= 15 is 0 Å². The molecule has 2 heterocycles. The largest absolute Gasteiger partial charge is 0.497 e.